The van der Waals surface area contributed by atoms with Crippen LogP contribution in [0.25, 0.3) is 0 Å². The van der Waals surface area contributed by atoms with Crippen LogP contribution < -0.4 is 0 Å². The summed E-state index contributed by atoms with van der Waals surface area (Å²) in [6, 6.07) is 6.97. The third-order valence-corrected chi connectivity index (χ3v) is 5.30. The molecule has 0 saturated heterocycles. The lowest BCUT2D eigenvalue weighted by atomic mass is 9.92. The van der Waals surface area contributed by atoms with Crippen molar-refractivity contribution in [3.05, 3.63) is 70.8 Å². The first-order chi connectivity index (χ1) is 13.5. The van der Waals surface area contributed by atoms with E-state index in [0.717, 1.165) is 51.4 Å². The van der Waals surface area contributed by atoms with Gasteiger partial charge in [0.15, 0.2) is 11.6 Å². The average Bonchev–Trinajstić information content (AvgIpc) is 2.67. The highest BCUT2D eigenvalue weighted by molar-refractivity contribution is 6.14. The van der Waals surface area contributed by atoms with Crippen molar-refractivity contribution in [1.82, 2.24) is 0 Å². The van der Waals surface area contributed by atoms with Crippen molar-refractivity contribution in [3.63, 3.8) is 0 Å². The molecule has 0 saturated carbocycles. The summed E-state index contributed by atoms with van der Waals surface area (Å²) in [5.41, 5.74) is 4.44. The van der Waals surface area contributed by atoms with Gasteiger partial charge in [-0.1, -0.05) is 54.1 Å². The fourth-order valence-corrected chi connectivity index (χ4v) is 3.71. The van der Waals surface area contributed by atoms with Gasteiger partial charge in [0.1, 0.15) is 0 Å². The lowest BCUT2D eigenvalue weighted by molar-refractivity contribution is 0.0987. The molecule has 0 fully saturated rings. The molecule has 0 heterocycles. The number of rotatable bonds is 10. The normalized spacial score (nSPS) is 18.2. The zero-order valence-corrected chi connectivity index (χ0v) is 17.0. The molecule has 1 aliphatic carbocycles. The quantitative estimate of drug-likeness (QED) is 0.308. The predicted molar refractivity (Wildman–Crippen MR) is 115 cm³/mol. The van der Waals surface area contributed by atoms with Crippen molar-refractivity contribution >= 4 is 11.6 Å². The van der Waals surface area contributed by atoms with Gasteiger partial charge in [0.25, 0.3) is 0 Å². The van der Waals surface area contributed by atoms with Gasteiger partial charge >= 0.3 is 0 Å². The molecule has 0 amide bonds. The molecule has 1 aliphatic rings. The molecule has 1 aromatic rings. The largest absolute Gasteiger partial charge is 0.396 e. The number of ketones is 2. The molecule has 0 radical (unpaired) electrons. The van der Waals surface area contributed by atoms with Crippen LogP contribution in [0.15, 0.2) is 59.7 Å². The first kappa shape index (κ1) is 22.0. The third kappa shape index (κ3) is 6.72. The van der Waals surface area contributed by atoms with Crippen molar-refractivity contribution in [3.8, 4) is 0 Å². The Bertz CT molecular complexity index is 768. The molecule has 28 heavy (non-hydrogen) atoms. The number of Topliss-reactive ketones (excluding diaryl/α,β-unsaturated/α-hetero) is 2. The minimum Gasteiger partial charge on any atom is -0.396 e. The topological polar surface area (TPSA) is 54.4 Å². The predicted octanol–water partition coefficient (Wildman–Crippen LogP) is 6.00. The van der Waals surface area contributed by atoms with Gasteiger partial charge in [0, 0.05) is 17.7 Å². The van der Waals surface area contributed by atoms with E-state index in [9.17, 15) is 9.59 Å². The number of aliphatic hydroxyl groups is 1. The molecule has 150 valence electrons. The van der Waals surface area contributed by atoms with Crippen LogP contribution in [0.5, 0.6) is 0 Å². The molecule has 0 aromatic heterocycles. The second-order valence-corrected chi connectivity index (χ2v) is 7.52. The van der Waals surface area contributed by atoms with Crippen LogP contribution in [0.2, 0.25) is 0 Å². The Morgan fingerprint density at radius 1 is 0.964 bits per heavy atom. The lowest BCUT2D eigenvalue weighted by Gasteiger charge is -2.13. The molecular formula is C25H32O3. The van der Waals surface area contributed by atoms with E-state index in [0.29, 0.717) is 23.1 Å². The molecule has 0 unspecified atom stereocenters. The summed E-state index contributed by atoms with van der Waals surface area (Å²) in [6.07, 6.45) is 13.3. The Morgan fingerprint density at radius 3 is 2.11 bits per heavy atom. The average molecular weight is 381 g/mol. The van der Waals surface area contributed by atoms with E-state index >= 15 is 0 Å². The number of aliphatic hydroxyl groups excluding tert-OH is 1. The van der Waals surface area contributed by atoms with E-state index in [2.05, 4.69) is 18.7 Å². The number of benzene rings is 1. The Morgan fingerprint density at radius 2 is 1.54 bits per heavy atom. The van der Waals surface area contributed by atoms with Crippen molar-refractivity contribution in [1.29, 1.82) is 0 Å². The summed E-state index contributed by atoms with van der Waals surface area (Å²) in [5.74, 6) is -0.211. The van der Waals surface area contributed by atoms with Crippen molar-refractivity contribution in [2.45, 2.75) is 64.7 Å². The lowest BCUT2D eigenvalue weighted by Crippen LogP contribution is -2.09. The highest BCUT2D eigenvalue weighted by Gasteiger charge is 2.16. The highest BCUT2D eigenvalue weighted by atomic mass is 16.2. The molecule has 3 heteroatoms. The van der Waals surface area contributed by atoms with Gasteiger partial charge in [-0.2, -0.15) is 0 Å². The monoisotopic (exact) mass is 380 g/mol. The van der Waals surface area contributed by atoms with E-state index < -0.39 is 0 Å². The van der Waals surface area contributed by atoms with E-state index in [1.165, 1.54) is 18.1 Å². The maximum Gasteiger partial charge on any atom is 0.189 e. The number of hydrogen-bond acceptors (Lipinski definition) is 3. The minimum atomic E-state index is -0.117. The smallest absolute Gasteiger partial charge is 0.189 e. The molecule has 0 spiro atoms. The second-order valence-electron chi connectivity index (χ2n) is 7.52. The first-order valence-electron chi connectivity index (χ1n) is 10.3. The SMILES string of the molecule is C=C(CCC/C1=C/CC/C(CCCO)=C\CC1)C(=O)c1ccccc1C(C)=O. The summed E-state index contributed by atoms with van der Waals surface area (Å²) in [7, 11) is 0. The Kier molecular flexibility index (Phi) is 9.09. The summed E-state index contributed by atoms with van der Waals surface area (Å²) in [4.78, 5) is 24.4. The van der Waals surface area contributed by atoms with Gasteiger partial charge < -0.3 is 5.11 Å². The Balaban J connectivity index is 1.83. The van der Waals surface area contributed by atoms with Gasteiger partial charge in [-0.15, -0.1) is 0 Å². The molecule has 2 rings (SSSR count). The van der Waals surface area contributed by atoms with Gasteiger partial charge in [-0.25, -0.2) is 0 Å². The van der Waals surface area contributed by atoms with Crippen LogP contribution in [-0.2, 0) is 0 Å². The molecular weight excluding hydrogens is 348 g/mol. The highest BCUT2D eigenvalue weighted by Crippen LogP contribution is 2.24. The van der Waals surface area contributed by atoms with E-state index in [1.807, 2.05) is 0 Å². The maximum atomic E-state index is 12.7. The Labute approximate surface area is 168 Å². The molecule has 1 aromatic carbocycles. The first-order valence-corrected chi connectivity index (χ1v) is 10.3. The third-order valence-electron chi connectivity index (χ3n) is 5.30. The molecule has 1 N–H and O–H groups in total. The van der Waals surface area contributed by atoms with Crippen LogP contribution in [0.3, 0.4) is 0 Å². The number of allylic oxidation sites excluding steroid dienone is 5. The van der Waals surface area contributed by atoms with Crippen molar-refractivity contribution < 1.29 is 14.7 Å². The fourth-order valence-electron chi connectivity index (χ4n) is 3.71. The molecule has 0 aliphatic heterocycles. The van der Waals surface area contributed by atoms with E-state index in [-0.39, 0.29) is 18.2 Å². The summed E-state index contributed by atoms with van der Waals surface area (Å²) in [5, 5.41) is 8.97. The standard InChI is InChI=1S/C25H32O3/c1-19(25(28)24-17-4-3-16-23(24)20(2)27)9-5-10-21-11-6-13-22(14-7-12-21)15-8-18-26/h3-4,11,14,16-17,26H,1,5-10,12-13,15,18H2,2H3/b21-11-,22-14+. The number of hydrogen-bond donors (Lipinski definition) is 1. The van der Waals surface area contributed by atoms with Crippen molar-refractivity contribution in [2.24, 2.45) is 0 Å². The van der Waals surface area contributed by atoms with Crippen LogP contribution in [0, 0.1) is 0 Å². The summed E-state index contributed by atoms with van der Waals surface area (Å²) in [6.45, 7) is 5.72. The zero-order chi connectivity index (χ0) is 20.4. The van der Waals surface area contributed by atoms with Crippen LogP contribution >= 0.6 is 0 Å². The second kappa shape index (κ2) is 11.6. The van der Waals surface area contributed by atoms with Gasteiger partial charge in [0.2, 0.25) is 0 Å². The van der Waals surface area contributed by atoms with Gasteiger partial charge in [0.05, 0.1) is 0 Å². The van der Waals surface area contributed by atoms with Crippen LogP contribution in [0.1, 0.15) is 85.4 Å². The molecule has 3 nitrogen and oxygen atoms in total. The van der Waals surface area contributed by atoms with Crippen LogP contribution in [0.4, 0.5) is 0 Å². The van der Waals surface area contributed by atoms with E-state index in [4.69, 9.17) is 5.11 Å². The van der Waals surface area contributed by atoms with Crippen LogP contribution in [-0.4, -0.2) is 23.3 Å². The summed E-state index contributed by atoms with van der Waals surface area (Å²) >= 11 is 0. The van der Waals surface area contributed by atoms with Gasteiger partial charge in [-0.3, -0.25) is 9.59 Å². The zero-order valence-electron chi connectivity index (χ0n) is 17.0. The fraction of sp³-hybridized carbons (Fsp3) is 0.440. The Hall–Kier alpha value is -2.26. The minimum absolute atomic E-state index is 0.0946. The summed E-state index contributed by atoms with van der Waals surface area (Å²) < 4.78 is 0. The molecule has 0 bridgehead atoms. The maximum absolute atomic E-state index is 12.7. The molecule has 0 atom stereocenters. The van der Waals surface area contributed by atoms with Crippen molar-refractivity contribution in [2.75, 3.05) is 6.61 Å². The number of carbonyl (C=O) groups excluding carboxylic acids is 2. The number of carbonyl (C=O) groups is 2. The van der Waals surface area contributed by atoms with Gasteiger partial charge in [-0.05, 0) is 70.3 Å². The van der Waals surface area contributed by atoms with E-state index in [1.54, 1.807) is 24.3 Å².